The minimum absolute atomic E-state index is 0.168. The molecule has 8 nitrogen and oxygen atoms in total. The standard InChI is InChI=1S/C25H22N4O4/c1-26-23(30)17-5-3-15(4-6-17)14-27-24(31)22-20-13-19(11-12-21(20)29(2)28-22)16-7-9-18(10-8-16)25(32)33/h3-13H,14H2,1-2H3,(H,26,30)(H,27,31)(H,32,33). The number of carboxylic acids is 1. The molecule has 3 aromatic carbocycles. The van der Waals surface area contributed by atoms with Crippen LogP contribution in [0, 0.1) is 0 Å². The molecule has 1 aromatic heterocycles. The van der Waals surface area contributed by atoms with Gasteiger partial charge in [-0.25, -0.2) is 4.79 Å². The van der Waals surface area contributed by atoms with Crippen molar-refractivity contribution in [2.75, 3.05) is 7.05 Å². The molecule has 0 radical (unpaired) electrons. The van der Waals surface area contributed by atoms with Crippen molar-refractivity contribution in [2.24, 2.45) is 7.05 Å². The largest absolute Gasteiger partial charge is 0.478 e. The van der Waals surface area contributed by atoms with Gasteiger partial charge in [0, 0.05) is 31.6 Å². The molecule has 33 heavy (non-hydrogen) atoms. The van der Waals surface area contributed by atoms with Gasteiger partial charge in [0.2, 0.25) is 0 Å². The van der Waals surface area contributed by atoms with Crippen LogP contribution in [0.5, 0.6) is 0 Å². The summed E-state index contributed by atoms with van der Waals surface area (Å²) in [6, 6.07) is 19.3. The molecule has 0 atom stereocenters. The van der Waals surface area contributed by atoms with Crippen molar-refractivity contribution in [3.63, 3.8) is 0 Å². The summed E-state index contributed by atoms with van der Waals surface area (Å²) in [5, 5.41) is 19.6. The van der Waals surface area contributed by atoms with Crippen molar-refractivity contribution >= 4 is 28.7 Å². The van der Waals surface area contributed by atoms with Gasteiger partial charge >= 0.3 is 5.97 Å². The Hall–Kier alpha value is -4.46. The molecule has 0 saturated carbocycles. The maximum absolute atomic E-state index is 12.9. The number of rotatable bonds is 6. The number of hydrogen-bond donors (Lipinski definition) is 3. The molecule has 4 rings (SSSR count). The topological polar surface area (TPSA) is 113 Å². The van der Waals surface area contributed by atoms with Gasteiger partial charge in [0.15, 0.2) is 5.69 Å². The molecule has 0 aliphatic carbocycles. The zero-order valence-corrected chi connectivity index (χ0v) is 18.1. The number of aryl methyl sites for hydroxylation is 1. The number of nitrogens with one attached hydrogen (secondary N) is 2. The number of hydrogen-bond acceptors (Lipinski definition) is 4. The maximum atomic E-state index is 12.9. The zero-order chi connectivity index (χ0) is 23.5. The first-order valence-electron chi connectivity index (χ1n) is 10.3. The molecule has 0 unspecified atom stereocenters. The molecule has 4 aromatic rings. The number of fused-ring (bicyclic) bond motifs is 1. The SMILES string of the molecule is CNC(=O)c1ccc(CNC(=O)c2nn(C)c3ccc(-c4ccc(C(=O)O)cc4)cc23)cc1. The van der Waals surface area contributed by atoms with Crippen LogP contribution >= 0.6 is 0 Å². The summed E-state index contributed by atoms with van der Waals surface area (Å²) in [4.78, 5) is 35.7. The van der Waals surface area contributed by atoms with Gasteiger partial charge in [0.05, 0.1) is 11.1 Å². The number of carbonyl (C=O) groups is 3. The van der Waals surface area contributed by atoms with E-state index in [4.69, 9.17) is 5.11 Å². The van der Waals surface area contributed by atoms with Crippen molar-refractivity contribution in [3.05, 3.63) is 89.1 Å². The molecule has 0 aliphatic heterocycles. The van der Waals surface area contributed by atoms with Crippen LogP contribution in [0.15, 0.2) is 66.7 Å². The van der Waals surface area contributed by atoms with Crippen LogP contribution in [-0.2, 0) is 13.6 Å². The Bertz CT molecular complexity index is 1360. The second-order valence-corrected chi connectivity index (χ2v) is 7.55. The van der Waals surface area contributed by atoms with Crippen molar-refractivity contribution < 1.29 is 19.5 Å². The van der Waals surface area contributed by atoms with Gasteiger partial charge in [-0.2, -0.15) is 5.10 Å². The van der Waals surface area contributed by atoms with Crippen LogP contribution in [0.4, 0.5) is 0 Å². The third kappa shape index (κ3) is 4.45. The molecule has 3 N–H and O–H groups in total. The van der Waals surface area contributed by atoms with Gasteiger partial charge in [-0.05, 0) is 53.1 Å². The number of carboxylic acid groups (broad SMARTS) is 1. The Kier molecular flexibility index (Phi) is 5.91. The molecular formula is C25H22N4O4. The fourth-order valence-electron chi connectivity index (χ4n) is 3.60. The smallest absolute Gasteiger partial charge is 0.335 e. The normalized spacial score (nSPS) is 10.7. The predicted octanol–water partition coefficient (Wildman–Crippen LogP) is 3.23. The van der Waals surface area contributed by atoms with Gasteiger partial charge in [-0.1, -0.05) is 30.3 Å². The first kappa shape index (κ1) is 21.8. The average molecular weight is 442 g/mol. The molecule has 8 heteroatoms. The van der Waals surface area contributed by atoms with E-state index in [1.165, 1.54) is 0 Å². The van der Waals surface area contributed by atoms with E-state index in [0.717, 1.165) is 22.2 Å². The van der Waals surface area contributed by atoms with E-state index in [1.807, 2.05) is 18.2 Å². The summed E-state index contributed by atoms with van der Waals surface area (Å²) in [5.74, 6) is -1.46. The number of benzene rings is 3. The van der Waals surface area contributed by atoms with E-state index in [1.54, 1.807) is 67.3 Å². The molecule has 0 aliphatic rings. The Balaban J connectivity index is 1.56. The van der Waals surface area contributed by atoms with Gasteiger partial charge < -0.3 is 15.7 Å². The Morgan fingerprint density at radius 2 is 1.52 bits per heavy atom. The molecule has 166 valence electrons. The molecule has 0 saturated heterocycles. The third-order valence-corrected chi connectivity index (χ3v) is 5.43. The third-order valence-electron chi connectivity index (χ3n) is 5.43. The van der Waals surface area contributed by atoms with E-state index in [-0.39, 0.29) is 17.4 Å². The summed E-state index contributed by atoms with van der Waals surface area (Å²) in [5.41, 5.74) is 4.42. The minimum Gasteiger partial charge on any atom is -0.478 e. The summed E-state index contributed by atoms with van der Waals surface area (Å²) in [6.07, 6.45) is 0. The van der Waals surface area contributed by atoms with Gasteiger partial charge in [0.25, 0.3) is 11.8 Å². The van der Waals surface area contributed by atoms with Crippen molar-refractivity contribution in [1.82, 2.24) is 20.4 Å². The van der Waals surface area contributed by atoms with Crippen molar-refractivity contribution in [2.45, 2.75) is 6.54 Å². The lowest BCUT2D eigenvalue weighted by molar-refractivity contribution is 0.0696. The van der Waals surface area contributed by atoms with Crippen LogP contribution in [-0.4, -0.2) is 39.7 Å². The summed E-state index contributed by atoms with van der Waals surface area (Å²) in [7, 11) is 3.35. The highest BCUT2D eigenvalue weighted by Crippen LogP contribution is 2.27. The highest BCUT2D eigenvalue weighted by Gasteiger charge is 2.17. The van der Waals surface area contributed by atoms with Gasteiger partial charge in [0.1, 0.15) is 0 Å². The number of carbonyl (C=O) groups excluding carboxylic acids is 2. The highest BCUT2D eigenvalue weighted by atomic mass is 16.4. The Morgan fingerprint density at radius 1 is 0.879 bits per heavy atom. The summed E-state index contributed by atoms with van der Waals surface area (Å²) < 4.78 is 1.65. The monoisotopic (exact) mass is 442 g/mol. The first-order valence-corrected chi connectivity index (χ1v) is 10.3. The molecule has 0 spiro atoms. The fraction of sp³-hybridized carbons (Fsp3) is 0.120. The number of amides is 2. The van der Waals surface area contributed by atoms with E-state index in [9.17, 15) is 14.4 Å². The first-order chi connectivity index (χ1) is 15.9. The lowest BCUT2D eigenvalue weighted by Crippen LogP contribution is -2.23. The number of aromatic carboxylic acids is 1. The predicted molar refractivity (Wildman–Crippen MR) is 124 cm³/mol. The number of nitrogens with zero attached hydrogens (tertiary/aromatic N) is 2. The summed E-state index contributed by atoms with van der Waals surface area (Å²) >= 11 is 0. The minimum atomic E-state index is -0.980. The molecule has 0 bridgehead atoms. The van der Waals surface area contributed by atoms with Crippen molar-refractivity contribution in [1.29, 1.82) is 0 Å². The summed E-state index contributed by atoms with van der Waals surface area (Å²) in [6.45, 7) is 0.293. The average Bonchev–Trinajstić information content (AvgIpc) is 3.18. The van der Waals surface area contributed by atoms with Crippen LogP contribution in [0.3, 0.4) is 0 Å². The Labute approximate surface area is 189 Å². The molecule has 0 fully saturated rings. The van der Waals surface area contributed by atoms with E-state index < -0.39 is 5.97 Å². The lowest BCUT2D eigenvalue weighted by atomic mass is 10.0. The zero-order valence-electron chi connectivity index (χ0n) is 18.1. The van der Waals surface area contributed by atoms with E-state index in [2.05, 4.69) is 15.7 Å². The van der Waals surface area contributed by atoms with E-state index in [0.29, 0.717) is 23.2 Å². The van der Waals surface area contributed by atoms with Crippen molar-refractivity contribution in [3.8, 4) is 11.1 Å². The second-order valence-electron chi connectivity index (χ2n) is 7.55. The van der Waals surface area contributed by atoms with Crippen LogP contribution < -0.4 is 10.6 Å². The quantitative estimate of drug-likeness (QED) is 0.424. The van der Waals surface area contributed by atoms with Crippen LogP contribution in [0.1, 0.15) is 36.8 Å². The maximum Gasteiger partial charge on any atom is 0.335 e. The van der Waals surface area contributed by atoms with Gasteiger partial charge in [-0.15, -0.1) is 0 Å². The van der Waals surface area contributed by atoms with Gasteiger partial charge in [-0.3, -0.25) is 14.3 Å². The molecular weight excluding hydrogens is 420 g/mol. The van der Waals surface area contributed by atoms with Crippen LogP contribution in [0.2, 0.25) is 0 Å². The van der Waals surface area contributed by atoms with E-state index >= 15 is 0 Å². The fourth-order valence-corrected chi connectivity index (χ4v) is 3.60. The van der Waals surface area contributed by atoms with Crippen LogP contribution in [0.25, 0.3) is 22.0 Å². The molecule has 2 amide bonds. The lowest BCUT2D eigenvalue weighted by Gasteiger charge is -2.06. The molecule has 1 heterocycles. The number of aromatic nitrogens is 2. The second kappa shape index (κ2) is 8.96. The Morgan fingerprint density at radius 3 is 2.15 bits per heavy atom. The highest BCUT2D eigenvalue weighted by molar-refractivity contribution is 6.06.